The van der Waals surface area contributed by atoms with E-state index in [0.717, 1.165) is 19.8 Å². The highest BCUT2D eigenvalue weighted by atomic mass is 16.5. The minimum absolute atomic E-state index is 0.220. The topological polar surface area (TPSA) is 90.1 Å². The smallest absolute Gasteiger partial charge is 0.267 e. The standard InChI is InChI=1S/C9H12N4O2/c10-8(14)7-1-2-11-9(13-7)12-3-6-4-15-5-6/h1-2,6H,3-5H2,(H2,10,14)(H,11,12,13). The van der Waals surface area contributed by atoms with Crippen molar-refractivity contribution in [3.05, 3.63) is 18.0 Å². The number of hydrogen-bond donors (Lipinski definition) is 2. The molecule has 6 nitrogen and oxygen atoms in total. The van der Waals surface area contributed by atoms with Crippen LogP contribution in [-0.4, -0.2) is 35.6 Å². The zero-order valence-electron chi connectivity index (χ0n) is 8.14. The number of nitrogens with two attached hydrogens (primary N) is 1. The second-order valence-corrected chi connectivity index (χ2v) is 3.41. The van der Waals surface area contributed by atoms with Gasteiger partial charge in [-0.1, -0.05) is 0 Å². The lowest BCUT2D eigenvalue weighted by atomic mass is 10.1. The van der Waals surface area contributed by atoms with Gasteiger partial charge in [0.1, 0.15) is 5.69 Å². The SMILES string of the molecule is NC(=O)c1ccnc(NCC2COC2)n1. The van der Waals surface area contributed by atoms with Crippen LogP contribution >= 0.6 is 0 Å². The van der Waals surface area contributed by atoms with Crippen LogP contribution in [0.2, 0.25) is 0 Å². The van der Waals surface area contributed by atoms with Crippen LogP contribution in [0.1, 0.15) is 10.5 Å². The Hall–Kier alpha value is -1.69. The molecule has 80 valence electrons. The maximum atomic E-state index is 10.8. The van der Waals surface area contributed by atoms with Crippen molar-refractivity contribution in [3.8, 4) is 0 Å². The van der Waals surface area contributed by atoms with Gasteiger partial charge in [-0.05, 0) is 6.07 Å². The minimum Gasteiger partial charge on any atom is -0.381 e. The van der Waals surface area contributed by atoms with Crippen molar-refractivity contribution in [2.24, 2.45) is 11.7 Å². The first-order valence-electron chi connectivity index (χ1n) is 4.70. The summed E-state index contributed by atoms with van der Waals surface area (Å²) in [7, 11) is 0. The van der Waals surface area contributed by atoms with Crippen LogP contribution in [0.5, 0.6) is 0 Å². The lowest BCUT2D eigenvalue weighted by Gasteiger charge is -2.25. The van der Waals surface area contributed by atoms with E-state index in [2.05, 4.69) is 15.3 Å². The Balaban J connectivity index is 1.94. The van der Waals surface area contributed by atoms with Crippen LogP contribution in [-0.2, 0) is 4.74 Å². The molecule has 1 aromatic heterocycles. The molecule has 1 saturated heterocycles. The maximum absolute atomic E-state index is 10.8. The predicted molar refractivity (Wildman–Crippen MR) is 53.3 cm³/mol. The Bertz CT molecular complexity index is 365. The van der Waals surface area contributed by atoms with Crippen LogP contribution in [0.15, 0.2) is 12.3 Å². The van der Waals surface area contributed by atoms with Crippen molar-refractivity contribution in [1.29, 1.82) is 0 Å². The molecule has 0 aromatic carbocycles. The van der Waals surface area contributed by atoms with E-state index in [1.54, 1.807) is 0 Å². The van der Waals surface area contributed by atoms with Gasteiger partial charge in [0.25, 0.3) is 5.91 Å². The quantitative estimate of drug-likeness (QED) is 0.704. The number of rotatable bonds is 4. The van der Waals surface area contributed by atoms with Crippen LogP contribution in [0.4, 0.5) is 5.95 Å². The van der Waals surface area contributed by atoms with Gasteiger partial charge in [-0.2, -0.15) is 0 Å². The van der Waals surface area contributed by atoms with Gasteiger partial charge in [-0.15, -0.1) is 0 Å². The summed E-state index contributed by atoms with van der Waals surface area (Å²) in [5.74, 6) is 0.386. The Labute approximate surface area is 86.9 Å². The summed E-state index contributed by atoms with van der Waals surface area (Å²) >= 11 is 0. The van der Waals surface area contributed by atoms with Crippen LogP contribution in [0.25, 0.3) is 0 Å². The molecule has 6 heteroatoms. The zero-order valence-corrected chi connectivity index (χ0v) is 8.14. The molecule has 1 amide bonds. The lowest BCUT2D eigenvalue weighted by Crippen LogP contribution is -2.33. The molecule has 3 N–H and O–H groups in total. The van der Waals surface area contributed by atoms with Gasteiger partial charge < -0.3 is 15.8 Å². The molecular weight excluding hydrogens is 196 g/mol. The summed E-state index contributed by atoms with van der Waals surface area (Å²) in [6, 6.07) is 1.49. The first-order valence-corrected chi connectivity index (χ1v) is 4.70. The normalized spacial score (nSPS) is 15.7. The summed E-state index contributed by atoms with van der Waals surface area (Å²) in [4.78, 5) is 18.8. The second kappa shape index (κ2) is 4.22. The molecule has 1 aliphatic heterocycles. The monoisotopic (exact) mass is 208 g/mol. The summed E-state index contributed by atoms with van der Waals surface area (Å²) in [6.45, 7) is 2.28. The highest BCUT2D eigenvalue weighted by molar-refractivity contribution is 5.90. The van der Waals surface area contributed by atoms with Gasteiger partial charge in [0.05, 0.1) is 13.2 Å². The number of carbonyl (C=O) groups excluding carboxylic acids is 1. The average Bonchev–Trinajstić information content (AvgIpc) is 2.16. The van der Waals surface area contributed by atoms with Crippen molar-refractivity contribution >= 4 is 11.9 Å². The highest BCUT2D eigenvalue weighted by Crippen LogP contribution is 2.10. The number of anilines is 1. The Morgan fingerprint density at radius 3 is 3.07 bits per heavy atom. The fraction of sp³-hybridized carbons (Fsp3) is 0.444. The molecule has 0 unspecified atom stereocenters. The van der Waals surface area contributed by atoms with E-state index in [0.29, 0.717) is 11.9 Å². The third-order valence-corrected chi connectivity index (χ3v) is 2.16. The molecule has 1 fully saturated rings. The predicted octanol–water partition coefficient (Wildman–Crippen LogP) is -0.366. The first kappa shape index (κ1) is 9.85. The van der Waals surface area contributed by atoms with Crippen molar-refractivity contribution in [2.75, 3.05) is 25.1 Å². The number of amides is 1. The molecule has 2 rings (SSSR count). The molecule has 0 saturated carbocycles. The molecule has 0 aliphatic carbocycles. The third-order valence-electron chi connectivity index (χ3n) is 2.16. The molecule has 1 aliphatic rings. The zero-order chi connectivity index (χ0) is 10.7. The number of nitrogens with one attached hydrogen (secondary N) is 1. The summed E-state index contributed by atoms with van der Waals surface area (Å²) in [6.07, 6.45) is 1.51. The molecule has 1 aromatic rings. The fourth-order valence-electron chi connectivity index (χ4n) is 1.22. The van der Waals surface area contributed by atoms with Crippen LogP contribution in [0.3, 0.4) is 0 Å². The number of aromatic nitrogens is 2. The van der Waals surface area contributed by atoms with E-state index < -0.39 is 5.91 Å². The summed E-state index contributed by atoms with van der Waals surface area (Å²) in [5.41, 5.74) is 5.32. The molecule has 15 heavy (non-hydrogen) atoms. The fourth-order valence-corrected chi connectivity index (χ4v) is 1.22. The Morgan fingerprint density at radius 2 is 2.47 bits per heavy atom. The van der Waals surface area contributed by atoms with E-state index >= 15 is 0 Å². The van der Waals surface area contributed by atoms with Crippen molar-refractivity contribution in [1.82, 2.24) is 9.97 Å². The lowest BCUT2D eigenvalue weighted by molar-refractivity contribution is -0.0249. The van der Waals surface area contributed by atoms with Crippen molar-refractivity contribution in [3.63, 3.8) is 0 Å². The highest BCUT2D eigenvalue weighted by Gasteiger charge is 2.18. The average molecular weight is 208 g/mol. The summed E-state index contributed by atoms with van der Waals surface area (Å²) in [5, 5.41) is 3.03. The van der Waals surface area contributed by atoms with Gasteiger partial charge >= 0.3 is 0 Å². The molecule has 0 atom stereocenters. The molecule has 2 heterocycles. The largest absolute Gasteiger partial charge is 0.381 e. The number of hydrogen-bond acceptors (Lipinski definition) is 5. The van der Waals surface area contributed by atoms with Crippen molar-refractivity contribution < 1.29 is 9.53 Å². The van der Waals surface area contributed by atoms with Gasteiger partial charge in [0, 0.05) is 18.7 Å². The molecule has 0 radical (unpaired) electrons. The number of nitrogens with zero attached hydrogens (tertiary/aromatic N) is 2. The van der Waals surface area contributed by atoms with Crippen LogP contribution < -0.4 is 11.1 Å². The van der Waals surface area contributed by atoms with Gasteiger partial charge in [-0.25, -0.2) is 9.97 Å². The third kappa shape index (κ3) is 2.41. The van der Waals surface area contributed by atoms with Crippen LogP contribution in [0, 0.1) is 5.92 Å². The number of ether oxygens (including phenoxy) is 1. The van der Waals surface area contributed by atoms with E-state index in [1.165, 1.54) is 12.3 Å². The van der Waals surface area contributed by atoms with E-state index in [-0.39, 0.29) is 5.69 Å². The first-order chi connectivity index (χ1) is 7.25. The molecule has 0 spiro atoms. The molecular formula is C9H12N4O2. The molecule has 0 bridgehead atoms. The van der Waals surface area contributed by atoms with Gasteiger partial charge in [-0.3, -0.25) is 4.79 Å². The Morgan fingerprint density at radius 1 is 1.67 bits per heavy atom. The Kier molecular flexibility index (Phi) is 2.77. The van der Waals surface area contributed by atoms with E-state index in [9.17, 15) is 4.79 Å². The van der Waals surface area contributed by atoms with E-state index in [1.807, 2.05) is 0 Å². The van der Waals surface area contributed by atoms with Gasteiger partial charge in [0.2, 0.25) is 5.95 Å². The summed E-state index contributed by atoms with van der Waals surface area (Å²) < 4.78 is 5.03. The maximum Gasteiger partial charge on any atom is 0.267 e. The van der Waals surface area contributed by atoms with E-state index in [4.69, 9.17) is 10.5 Å². The van der Waals surface area contributed by atoms with Gasteiger partial charge in [0.15, 0.2) is 0 Å². The van der Waals surface area contributed by atoms with Crippen molar-refractivity contribution in [2.45, 2.75) is 0 Å². The number of carbonyl (C=O) groups is 1. The number of primary amides is 1. The second-order valence-electron chi connectivity index (χ2n) is 3.41. The minimum atomic E-state index is -0.549.